The van der Waals surface area contributed by atoms with Crippen molar-refractivity contribution < 1.29 is 31.6 Å². The molecule has 0 aromatic carbocycles. The van der Waals surface area contributed by atoms with Crippen LogP contribution < -0.4 is 0 Å². The molecular formula is C3H9HgO. The fourth-order valence-electron chi connectivity index (χ4n) is 0. The second-order valence-electron chi connectivity index (χ2n) is 0.854. The normalized spacial score (nSPS) is 6.20. The van der Waals surface area contributed by atoms with Gasteiger partial charge in [-0.1, -0.05) is 0 Å². The van der Waals surface area contributed by atoms with Gasteiger partial charge in [0, 0.05) is 0 Å². The molecule has 2 N–H and O–H groups in total. The van der Waals surface area contributed by atoms with Gasteiger partial charge in [-0.2, -0.15) is 0 Å². The minimum Gasteiger partial charge on any atom is -0.412 e. The van der Waals surface area contributed by atoms with Crippen molar-refractivity contribution in [1.82, 2.24) is 0 Å². The molecule has 0 radical (unpaired) electrons. The molecule has 2 heteroatoms. The van der Waals surface area contributed by atoms with Crippen LogP contribution >= 0.6 is 0 Å². The molecule has 5 heavy (non-hydrogen) atoms. The van der Waals surface area contributed by atoms with Gasteiger partial charge in [-0.3, -0.25) is 0 Å². The van der Waals surface area contributed by atoms with Gasteiger partial charge in [0.15, 0.2) is 0 Å². The molecule has 0 rings (SSSR count). The summed E-state index contributed by atoms with van der Waals surface area (Å²) in [6.07, 6.45) is 1.41. The van der Waals surface area contributed by atoms with Gasteiger partial charge in [0.05, 0.1) is 0 Å². The molecule has 0 unspecified atom stereocenters. The van der Waals surface area contributed by atoms with Crippen LogP contribution in [0.5, 0.6) is 0 Å². The number of hydrogen-bond donors (Lipinski definition) is 0. The SMILES string of the molecule is CC[CH2][Hg].O. The van der Waals surface area contributed by atoms with Crippen molar-refractivity contribution >= 4 is 0 Å². The summed E-state index contributed by atoms with van der Waals surface area (Å²) in [5, 5.41) is 0. The molecule has 0 aromatic heterocycles. The maximum atomic E-state index is 2.23. The molecule has 0 saturated heterocycles. The van der Waals surface area contributed by atoms with Gasteiger partial charge in [-0.05, 0) is 0 Å². The quantitative estimate of drug-likeness (QED) is 0.617. The second-order valence-corrected chi connectivity index (χ2v) is 3.60. The molecule has 0 aromatic rings. The predicted molar refractivity (Wildman–Crippen MR) is 18.7 cm³/mol. The van der Waals surface area contributed by atoms with Crippen LogP contribution in [0.15, 0.2) is 0 Å². The van der Waals surface area contributed by atoms with E-state index in [9.17, 15) is 0 Å². The Morgan fingerprint density at radius 3 is 1.80 bits per heavy atom. The minimum absolute atomic E-state index is 0. The van der Waals surface area contributed by atoms with Crippen LogP contribution in [-0.4, -0.2) is 5.48 Å². The van der Waals surface area contributed by atoms with E-state index in [2.05, 4.69) is 6.92 Å². The molecule has 1 nitrogen and oxygen atoms in total. The van der Waals surface area contributed by atoms with Crippen LogP contribution in [0.3, 0.4) is 0 Å². The maximum Gasteiger partial charge on any atom is -0.412 e. The zero-order valence-corrected chi connectivity index (χ0v) is 9.12. The minimum atomic E-state index is 0. The van der Waals surface area contributed by atoms with Crippen molar-refractivity contribution in [2.45, 2.75) is 17.3 Å². The second kappa shape index (κ2) is 8.86. The zero-order chi connectivity index (χ0) is 3.41. The van der Waals surface area contributed by atoms with E-state index in [1.165, 1.54) is 10.4 Å². The Morgan fingerprint density at radius 2 is 1.80 bits per heavy atom. The van der Waals surface area contributed by atoms with Crippen molar-refractivity contribution in [3.63, 3.8) is 0 Å². The third kappa shape index (κ3) is 11.4. The Kier molecular flexibility index (Phi) is 16.5. The van der Waals surface area contributed by atoms with Gasteiger partial charge < -0.3 is 5.48 Å². The van der Waals surface area contributed by atoms with E-state index in [-0.39, 0.29) is 5.48 Å². The molecule has 0 heterocycles. The smallest absolute Gasteiger partial charge is 0.412 e. The maximum absolute atomic E-state index is 2.23. The molecule has 29 valence electrons. The van der Waals surface area contributed by atoms with Crippen molar-refractivity contribution in [2.75, 3.05) is 0 Å². The summed E-state index contributed by atoms with van der Waals surface area (Å²) >= 11 is 1.07. The van der Waals surface area contributed by atoms with Crippen LogP contribution in [0.2, 0.25) is 3.93 Å². The Bertz CT molecular complexity index is 8.85. The molecule has 0 spiro atoms. The van der Waals surface area contributed by atoms with Crippen LogP contribution in [0.4, 0.5) is 0 Å². The summed E-state index contributed by atoms with van der Waals surface area (Å²) in [4.78, 5) is 0. The van der Waals surface area contributed by atoms with Gasteiger partial charge in [-0.25, -0.2) is 0 Å². The van der Waals surface area contributed by atoms with E-state index >= 15 is 0 Å². The zero-order valence-electron chi connectivity index (χ0n) is 3.62. The monoisotopic (exact) mass is 263 g/mol. The van der Waals surface area contributed by atoms with Gasteiger partial charge >= 0.3 is 43.4 Å². The Morgan fingerprint density at radius 1 is 1.60 bits per heavy atom. The third-order valence-electron chi connectivity index (χ3n) is 0.354. The molecule has 0 amide bonds. The van der Waals surface area contributed by atoms with Gasteiger partial charge in [0.25, 0.3) is 0 Å². The fraction of sp³-hybridized carbons (Fsp3) is 1.00. The van der Waals surface area contributed by atoms with Gasteiger partial charge in [-0.15, -0.1) is 0 Å². The Hall–Kier alpha value is 0.895. The first kappa shape index (κ1) is 9.31. The van der Waals surface area contributed by atoms with E-state index in [4.69, 9.17) is 0 Å². The van der Waals surface area contributed by atoms with Crippen LogP contribution in [-0.2, 0) is 26.1 Å². The van der Waals surface area contributed by atoms with Crippen LogP contribution in [0, 0.1) is 0 Å². The van der Waals surface area contributed by atoms with Crippen molar-refractivity contribution in [3.05, 3.63) is 0 Å². The third-order valence-corrected chi connectivity index (χ3v) is 3.10. The summed E-state index contributed by atoms with van der Waals surface area (Å²) in [6, 6.07) is 0. The number of rotatable bonds is 1. The topological polar surface area (TPSA) is 31.5 Å². The average molecular weight is 262 g/mol. The summed E-state index contributed by atoms with van der Waals surface area (Å²) in [6.45, 7) is 2.23. The number of hydrogen-bond acceptors (Lipinski definition) is 0. The Balaban J connectivity index is 0. The van der Waals surface area contributed by atoms with E-state index in [1.807, 2.05) is 0 Å². The van der Waals surface area contributed by atoms with Gasteiger partial charge in [0.2, 0.25) is 0 Å². The molecule has 0 bridgehead atoms. The molecule has 0 aliphatic carbocycles. The van der Waals surface area contributed by atoms with Gasteiger partial charge in [0.1, 0.15) is 0 Å². The van der Waals surface area contributed by atoms with Crippen molar-refractivity contribution in [2.24, 2.45) is 0 Å². The summed E-state index contributed by atoms with van der Waals surface area (Å²) in [5.74, 6) is 0. The van der Waals surface area contributed by atoms with E-state index in [0.29, 0.717) is 0 Å². The molecule has 0 aliphatic heterocycles. The largest absolute Gasteiger partial charge is 0.412 e. The first-order chi connectivity index (χ1) is 1.91. The van der Waals surface area contributed by atoms with Crippen LogP contribution in [0.25, 0.3) is 0 Å². The average Bonchev–Trinajstić information content (AvgIpc) is 1.37. The molecule has 0 fully saturated rings. The van der Waals surface area contributed by atoms with E-state index in [0.717, 1.165) is 26.1 Å². The van der Waals surface area contributed by atoms with Crippen LogP contribution in [0.1, 0.15) is 13.3 Å². The fourth-order valence-corrected chi connectivity index (χ4v) is 0. The summed E-state index contributed by atoms with van der Waals surface area (Å²) < 4.78 is 1.51. The molecule has 0 aliphatic rings. The predicted octanol–water partition coefficient (Wildman–Crippen LogP) is 0.537. The van der Waals surface area contributed by atoms with Crippen molar-refractivity contribution in [3.8, 4) is 0 Å². The first-order valence-corrected chi connectivity index (χ1v) is 5.59. The first-order valence-electron chi connectivity index (χ1n) is 1.71. The van der Waals surface area contributed by atoms with E-state index < -0.39 is 0 Å². The molecule has 0 atom stereocenters. The van der Waals surface area contributed by atoms with E-state index in [1.54, 1.807) is 0 Å². The summed E-state index contributed by atoms with van der Waals surface area (Å²) in [5.41, 5.74) is 0. The molecular weight excluding hydrogens is 253 g/mol. The standard InChI is InChI=1S/C3H7.Hg.H2O/c1-3-2;;/h1,3H2,2H3;;1H2. The Labute approximate surface area is 49.0 Å². The summed E-state index contributed by atoms with van der Waals surface area (Å²) in [7, 11) is 0. The van der Waals surface area contributed by atoms with Crippen molar-refractivity contribution in [1.29, 1.82) is 0 Å². The molecule has 0 saturated carbocycles.